The zero-order valence-electron chi connectivity index (χ0n) is 14.5. The fourth-order valence-corrected chi connectivity index (χ4v) is 3.18. The molecule has 1 fully saturated rings. The maximum absolute atomic E-state index is 12.8. The van der Waals surface area contributed by atoms with Crippen molar-refractivity contribution < 1.29 is 14.3 Å². The first kappa shape index (κ1) is 16.7. The molecule has 1 saturated heterocycles. The third kappa shape index (κ3) is 3.33. The van der Waals surface area contributed by atoms with Crippen molar-refractivity contribution in [3.63, 3.8) is 0 Å². The molecule has 3 aromatic rings. The van der Waals surface area contributed by atoms with Crippen molar-refractivity contribution in [2.45, 2.75) is 25.2 Å². The number of ether oxygens (including phenoxy) is 2. The summed E-state index contributed by atoms with van der Waals surface area (Å²) in [5.74, 6) is -0.177. The minimum Gasteiger partial charge on any atom is -0.379 e. The van der Waals surface area contributed by atoms with Gasteiger partial charge in [-0.1, -0.05) is 6.07 Å². The molecule has 0 radical (unpaired) electrons. The van der Waals surface area contributed by atoms with E-state index in [0.717, 1.165) is 17.8 Å². The Morgan fingerprint density at radius 1 is 1.42 bits per heavy atom. The van der Waals surface area contributed by atoms with E-state index in [1.54, 1.807) is 16.9 Å². The molecule has 4 heterocycles. The molecule has 0 saturated carbocycles. The van der Waals surface area contributed by atoms with Gasteiger partial charge in [0.05, 0.1) is 37.3 Å². The van der Waals surface area contributed by atoms with Crippen LogP contribution in [0.4, 0.5) is 0 Å². The molecule has 8 nitrogen and oxygen atoms in total. The van der Waals surface area contributed by atoms with Crippen molar-refractivity contribution >= 4 is 11.6 Å². The fourth-order valence-electron chi connectivity index (χ4n) is 3.18. The average Bonchev–Trinajstić information content (AvgIpc) is 3.25. The van der Waals surface area contributed by atoms with E-state index in [2.05, 4.69) is 15.4 Å². The molecule has 1 N–H and O–H groups in total. The molecule has 0 aliphatic carbocycles. The van der Waals surface area contributed by atoms with Crippen LogP contribution in [0.15, 0.2) is 43.0 Å². The van der Waals surface area contributed by atoms with Crippen molar-refractivity contribution in [2.75, 3.05) is 13.2 Å². The van der Waals surface area contributed by atoms with Crippen LogP contribution in [0.3, 0.4) is 0 Å². The third-order valence-electron chi connectivity index (χ3n) is 4.56. The second-order valence-electron chi connectivity index (χ2n) is 6.35. The quantitative estimate of drug-likeness (QED) is 0.743. The van der Waals surface area contributed by atoms with Crippen molar-refractivity contribution in [1.82, 2.24) is 24.5 Å². The normalized spacial score (nSPS) is 20.3. The van der Waals surface area contributed by atoms with Gasteiger partial charge in [0.25, 0.3) is 5.91 Å². The van der Waals surface area contributed by atoms with Crippen molar-refractivity contribution in [2.24, 2.45) is 7.05 Å². The summed E-state index contributed by atoms with van der Waals surface area (Å²) in [6.45, 7) is 1.46. The number of rotatable bonds is 5. The lowest BCUT2D eigenvalue weighted by molar-refractivity contribution is -0.0612. The number of nitrogens with one attached hydrogen (secondary N) is 1. The van der Waals surface area contributed by atoms with Crippen LogP contribution in [-0.2, 0) is 23.1 Å². The largest absolute Gasteiger partial charge is 0.379 e. The van der Waals surface area contributed by atoms with Crippen LogP contribution in [0.25, 0.3) is 5.65 Å². The summed E-state index contributed by atoms with van der Waals surface area (Å²) in [5.41, 5.74) is 2.16. The van der Waals surface area contributed by atoms with E-state index >= 15 is 0 Å². The third-order valence-corrected chi connectivity index (χ3v) is 4.56. The molecule has 1 aliphatic rings. The molecule has 0 bridgehead atoms. The summed E-state index contributed by atoms with van der Waals surface area (Å²) < 4.78 is 15.1. The Bertz CT molecular complexity index is 889. The maximum Gasteiger partial charge on any atom is 0.257 e. The predicted molar refractivity (Wildman–Crippen MR) is 93.7 cm³/mol. The van der Waals surface area contributed by atoms with Gasteiger partial charge in [0.15, 0.2) is 0 Å². The van der Waals surface area contributed by atoms with Crippen LogP contribution < -0.4 is 5.32 Å². The highest BCUT2D eigenvalue weighted by atomic mass is 16.5. The molecule has 0 aromatic carbocycles. The molecule has 136 valence electrons. The summed E-state index contributed by atoms with van der Waals surface area (Å²) in [4.78, 5) is 17.0. The summed E-state index contributed by atoms with van der Waals surface area (Å²) in [7, 11) is 1.89. The predicted octanol–water partition coefficient (Wildman–Crippen LogP) is 1.17. The van der Waals surface area contributed by atoms with Crippen LogP contribution in [0.2, 0.25) is 0 Å². The molecule has 1 amide bonds. The van der Waals surface area contributed by atoms with Crippen LogP contribution in [0.1, 0.15) is 22.5 Å². The molecule has 8 heteroatoms. The maximum atomic E-state index is 12.8. The average molecular weight is 355 g/mol. The Labute approximate surface area is 150 Å². The van der Waals surface area contributed by atoms with Crippen LogP contribution in [0, 0.1) is 0 Å². The lowest BCUT2D eigenvalue weighted by Gasteiger charge is -2.32. The van der Waals surface area contributed by atoms with Gasteiger partial charge in [-0.2, -0.15) is 5.10 Å². The number of carbonyl (C=O) groups is 1. The van der Waals surface area contributed by atoms with E-state index in [4.69, 9.17) is 9.47 Å². The summed E-state index contributed by atoms with van der Waals surface area (Å²) in [6.07, 6.45) is 7.61. The highest BCUT2D eigenvalue weighted by Crippen LogP contribution is 2.16. The van der Waals surface area contributed by atoms with Gasteiger partial charge in [-0.05, 0) is 18.6 Å². The molecular weight excluding hydrogens is 334 g/mol. The van der Waals surface area contributed by atoms with E-state index in [9.17, 15) is 4.79 Å². The SMILES string of the molecule is Cn1ccn2ncc(C(=O)N[C@@H]3COCC[C@H]3OCc3ccccn3)c12. The molecule has 4 rings (SSSR count). The van der Waals surface area contributed by atoms with Crippen molar-refractivity contribution in [3.8, 4) is 0 Å². The van der Waals surface area contributed by atoms with Crippen LogP contribution in [-0.4, -0.2) is 50.4 Å². The lowest BCUT2D eigenvalue weighted by atomic mass is 10.1. The standard InChI is InChI=1S/C18H21N5O3/c1-22-7-8-23-18(22)14(10-20-23)17(24)21-15-12-25-9-5-16(15)26-11-13-4-2-3-6-19-13/h2-4,6-8,10,15-16H,5,9,11-12H2,1H3,(H,21,24)/t15-,16-/m1/s1. The molecule has 2 atom stereocenters. The Balaban J connectivity index is 1.44. The van der Waals surface area contributed by atoms with Crippen molar-refractivity contribution in [3.05, 3.63) is 54.2 Å². The minimum atomic E-state index is -0.213. The van der Waals surface area contributed by atoms with Crippen LogP contribution in [0.5, 0.6) is 0 Å². The smallest absolute Gasteiger partial charge is 0.257 e. The number of fused-ring (bicyclic) bond motifs is 1. The van der Waals surface area contributed by atoms with Gasteiger partial charge >= 0.3 is 0 Å². The molecule has 1 aliphatic heterocycles. The van der Waals surface area contributed by atoms with Gasteiger partial charge in [0.2, 0.25) is 0 Å². The van der Waals surface area contributed by atoms with Gasteiger partial charge < -0.3 is 19.4 Å². The number of aryl methyl sites for hydroxylation is 1. The van der Waals surface area contributed by atoms with Gasteiger partial charge in [-0.3, -0.25) is 9.78 Å². The summed E-state index contributed by atoms with van der Waals surface area (Å²) in [5, 5.41) is 7.25. The number of pyridine rings is 1. The number of aromatic nitrogens is 4. The number of imidazole rings is 1. The zero-order valence-corrected chi connectivity index (χ0v) is 14.5. The Morgan fingerprint density at radius 3 is 3.19 bits per heavy atom. The zero-order chi connectivity index (χ0) is 17.9. The first-order valence-corrected chi connectivity index (χ1v) is 8.61. The summed E-state index contributed by atoms with van der Waals surface area (Å²) in [6, 6.07) is 5.51. The van der Waals surface area contributed by atoms with E-state index in [1.165, 1.54) is 0 Å². The topological polar surface area (TPSA) is 82.7 Å². The van der Waals surface area contributed by atoms with Gasteiger partial charge in [-0.15, -0.1) is 0 Å². The highest BCUT2D eigenvalue weighted by molar-refractivity contribution is 6.00. The molecule has 26 heavy (non-hydrogen) atoms. The number of carbonyl (C=O) groups excluding carboxylic acids is 1. The van der Waals surface area contributed by atoms with E-state index in [0.29, 0.717) is 25.4 Å². The molecule has 0 spiro atoms. The highest BCUT2D eigenvalue weighted by Gasteiger charge is 2.29. The molecule has 3 aromatic heterocycles. The number of amides is 1. The Hall–Kier alpha value is -2.71. The Morgan fingerprint density at radius 2 is 2.35 bits per heavy atom. The minimum absolute atomic E-state index is 0.116. The van der Waals surface area contributed by atoms with Gasteiger partial charge in [-0.25, -0.2) is 4.52 Å². The van der Waals surface area contributed by atoms with Crippen molar-refractivity contribution in [1.29, 1.82) is 0 Å². The monoisotopic (exact) mass is 355 g/mol. The van der Waals surface area contributed by atoms with E-state index in [1.807, 2.05) is 42.2 Å². The van der Waals surface area contributed by atoms with E-state index < -0.39 is 0 Å². The number of nitrogens with zero attached hydrogens (tertiary/aromatic N) is 4. The number of hydrogen-bond acceptors (Lipinski definition) is 5. The van der Waals surface area contributed by atoms with Gasteiger partial charge in [0.1, 0.15) is 11.2 Å². The first-order chi connectivity index (χ1) is 12.7. The fraction of sp³-hybridized carbons (Fsp3) is 0.389. The summed E-state index contributed by atoms with van der Waals surface area (Å²) >= 11 is 0. The van der Waals surface area contributed by atoms with Crippen LogP contribution >= 0.6 is 0 Å². The van der Waals surface area contributed by atoms with E-state index in [-0.39, 0.29) is 18.1 Å². The lowest BCUT2D eigenvalue weighted by Crippen LogP contribution is -2.50. The Kier molecular flexibility index (Phi) is 4.68. The molecular formula is C18H21N5O3. The first-order valence-electron chi connectivity index (χ1n) is 8.61. The van der Waals surface area contributed by atoms with Gasteiger partial charge in [0, 0.05) is 32.2 Å². The second kappa shape index (κ2) is 7.27. The molecule has 0 unspecified atom stereocenters. The second-order valence-corrected chi connectivity index (χ2v) is 6.35. The number of hydrogen-bond donors (Lipinski definition) is 1.